The van der Waals surface area contributed by atoms with Gasteiger partial charge in [-0.2, -0.15) is 0 Å². The molecular weight excluding hydrogens is 376 g/mol. The van der Waals surface area contributed by atoms with Crippen LogP contribution in [0.5, 0.6) is 5.75 Å². The number of ether oxygens (including phenoxy) is 1. The molecule has 26 heavy (non-hydrogen) atoms. The smallest absolute Gasteiger partial charge is 0.232 e. The number of sulfonamides is 1. The molecule has 0 spiro atoms. The van der Waals surface area contributed by atoms with E-state index in [1.165, 1.54) is 11.4 Å². The molecule has 1 N–H and O–H groups in total. The molecule has 2 rings (SSSR count). The van der Waals surface area contributed by atoms with Crippen molar-refractivity contribution >= 4 is 38.9 Å². The normalized spacial score (nSPS) is 11.1. The van der Waals surface area contributed by atoms with Crippen LogP contribution >= 0.6 is 11.6 Å². The monoisotopic (exact) mass is 396 g/mol. The highest BCUT2D eigenvalue weighted by molar-refractivity contribution is 7.92. The Balaban J connectivity index is 2.15. The second-order valence-electron chi connectivity index (χ2n) is 5.82. The third-order valence-electron chi connectivity index (χ3n) is 3.67. The Labute approximate surface area is 158 Å². The molecule has 0 saturated heterocycles. The molecule has 8 heteroatoms. The summed E-state index contributed by atoms with van der Waals surface area (Å²) in [4.78, 5) is 12.2. The number of carbonyl (C=O) groups is 1. The number of rotatable bonds is 7. The van der Waals surface area contributed by atoms with Crippen LogP contribution in [0.25, 0.3) is 0 Å². The first-order valence-corrected chi connectivity index (χ1v) is 10.1. The van der Waals surface area contributed by atoms with Crippen molar-refractivity contribution in [2.24, 2.45) is 0 Å². The van der Waals surface area contributed by atoms with Crippen LogP contribution in [0.1, 0.15) is 12.0 Å². The van der Waals surface area contributed by atoms with Gasteiger partial charge in [0.05, 0.1) is 19.1 Å². The maximum atomic E-state index is 12.2. The van der Waals surface area contributed by atoms with Crippen molar-refractivity contribution in [1.82, 2.24) is 0 Å². The molecule has 0 aliphatic heterocycles. The number of halogens is 1. The molecule has 0 radical (unpaired) electrons. The lowest BCUT2D eigenvalue weighted by molar-refractivity contribution is -0.116. The van der Waals surface area contributed by atoms with Crippen molar-refractivity contribution in [3.05, 3.63) is 53.1 Å². The highest BCUT2D eigenvalue weighted by Gasteiger charge is 2.22. The number of hydrogen-bond acceptors (Lipinski definition) is 4. The van der Waals surface area contributed by atoms with E-state index in [9.17, 15) is 13.2 Å². The molecule has 0 heterocycles. The second-order valence-corrected chi connectivity index (χ2v) is 8.16. The quantitative estimate of drug-likeness (QED) is 0.777. The Morgan fingerprint density at radius 3 is 2.42 bits per heavy atom. The average Bonchev–Trinajstić information content (AvgIpc) is 2.56. The number of hydrogen-bond donors (Lipinski definition) is 1. The number of methoxy groups -OCH3 is 1. The van der Waals surface area contributed by atoms with Crippen molar-refractivity contribution in [2.75, 3.05) is 29.5 Å². The van der Waals surface area contributed by atoms with Crippen molar-refractivity contribution in [2.45, 2.75) is 13.3 Å². The molecule has 0 bridgehead atoms. The molecule has 0 aromatic heterocycles. The third kappa shape index (κ3) is 5.37. The highest BCUT2D eigenvalue weighted by Crippen LogP contribution is 2.31. The minimum atomic E-state index is -3.59. The van der Waals surface area contributed by atoms with Crippen molar-refractivity contribution < 1.29 is 17.9 Å². The summed E-state index contributed by atoms with van der Waals surface area (Å²) >= 11 is 5.81. The van der Waals surface area contributed by atoms with Gasteiger partial charge in [0.1, 0.15) is 5.75 Å². The van der Waals surface area contributed by atoms with Gasteiger partial charge in [-0.05, 0) is 48.9 Å². The second kappa shape index (κ2) is 8.42. The summed E-state index contributed by atoms with van der Waals surface area (Å²) in [7, 11) is -2.11. The standard InChI is InChI=1S/C18H21ClN2O4S/c1-13-4-9-17(25-2)16(12-13)21(26(3,23)24)11-10-18(22)20-15-7-5-14(19)6-8-15/h4-9,12H,10-11H2,1-3H3,(H,20,22). The van der Waals surface area contributed by atoms with Crippen LogP contribution in [0.4, 0.5) is 11.4 Å². The predicted octanol–water partition coefficient (Wildman–Crippen LogP) is 3.45. The van der Waals surface area contributed by atoms with Crippen LogP contribution in [0, 0.1) is 6.92 Å². The zero-order valence-electron chi connectivity index (χ0n) is 14.8. The first-order chi connectivity index (χ1) is 12.2. The van der Waals surface area contributed by atoms with E-state index in [0.29, 0.717) is 22.1 Å². The molecule has 0 unspecified atom stereocenters. The fourth-order valence-electron chi connectivity index (χ4n) is 2.42. The van der Waals surface area contributed by atoms with Crippen molar-refractivity contribution in [3.63, 3.8) is 0 Å². The van der Waals surface area contributed by atoms with E-state index < -0.39 is 10.0 Å². The van der Waals surface area contributed by atoms with Gasteiger partial charge in [0.15, 0.2) is 0 Å². The highest BCUT2D eigenvalue weighted by atomic mass is 35.5. The first kappa shape index (κ1) is 20.1. The number of aryl methyl sites for hydroxylation is 1. The van der Waals surface area contributed by atoms with Gasteiger partial charge in [0, 0.05) is 23.7 Å². The van der Waals surface area contributed by atoms with Gasteiger partial charge in [-0.15, -0.1) is 0 Å². The summed E-state index contributed by atoms with van der Waals surface area (Å²) in [5.41, 5.74) is 1.90. The lowest BCUT2D eigenvalue weighted by Crippen LogP contribution is -2.33. The van der Waals surface area contributed by atoms with E-state index in [1.54, 1.807) is 36.4 Å². The van der Waals surface area contributed by atoms with Crippen molar-refractivity contribution in [3.8, 4) is 5.75 Å². The molecule has 140 valence electrons. The molecule has 2 aromatic carbocycles. The Morgan fingerprint density at radius 1 is 1.19 bits per heavy atom. The zero-order chi connectivity index (χ0) is 19.3. The summed E-state index contributed by atoms with van der Waals surface area (Å²) in [5, 5.41) is 3.28. The minimum Gasteiger partial charge on any atom is -0.495 e. The maximum Gasteiger partial charge on any atom is 0.232 e. The van der Waals surface area contributed by atoms with E-state index >= 15 is 0 Å². The van der Waals surface area contributed by atoms with Crippen LogP contribution in [0.3, 0.4) is 0 Å². The number of nitrogens with one attached hydrogen (secondary N) is 1. The summed E-state index contributed by atoms with van der Waals surface area (Å²) < 4.78 is 30.9. The lowest BCUT2D eigenvalue weighted by Gasteiger charge is -2.24. The molecule has 0 aliphatic rings. The summed E-state index contributed by atoms with van der Waals surface area (Å²) in [5.74, 6) is 0.131. The third-order valence-corrected chi connectivity index (χ3v) is 5.11. The van der Waals surface area contributed by atoms with E-state index in [-0.39, 0.29) is 18.9 Å². The van der Waals surface area contributed by atoms with Gasteiger partial charge in [-0.3, -0.25) is 9.10 Å². The van der Waals surface area contributed by atoms with Gasteiger partial charge in [-0.1, -0.05) is 17.7 Å². The summed E-state index contributed by atoms with van der Waals surface area (Å²) in [6.45, 7) is 1.86. The van der Waals surface area contributed by atoms with Gasteiger partial charge < -0.3 is 10.1 Å². The average molecular weight is 397 g/mol. The summed E-state index contributed by atoms with van der Waals surface area (Å²) in [6, 6.07) is 11.9. The number of amides is 1. The van der Waals surface area contributed by atoms with Crippen LogP contribution < -0.4 is 14.4 Å². The largest absolute Gasteiger partial charge is 0.495 e. The van der Waals surface area contributed by atoms with Crippen LogP contribution in [-0.4, -0.2) is 34.2 Å². The van der Waals surface area contributed by atoms with E-state index in [4.69, 9.17) is 16.3 Å². The van der Waals surface area contributed by atoms with Crippen LogP contribution in [0.15, 0.2) is 42.5 Å². The Morgan fingerprint density at radius 2 is 1.85 bits per heavy atom. The number of carbonyl (C=O) groups excluding carboxylic acids is 1. The van der Waals surface area contributed by atoms with Crippen LogP contribution in [-0.2, 0) is 14.8 Å². The van der Waals surface area contributed by atoms with Gasteiger partial charge in [0.25, 0.3) is 0 Å². The van der Waals surface area contributed by atoms with E-state index in [2.05, 4.69) is 5.32 Å². The van der Waals surface area contributed by atoms with Gasteiger partial charge in [-0.25, -0.2) is 8.42 Å². The zero-order valence-corrected chi connectivity index (χ0v) is 16.4. The van der Waals surface area contributed by atoms with Gasteiger partial charge in [0.2, 0.25) is 15.9 Å². The fourth-order valence-corrected chi connectivity index (χ4v) is 3.47. The number of anilines is 2. The van der Waals surface area contributed by atoms with Crippen LogP contribution in [0.2, 0.25) is 5.02 Å². The van der Waals surface area contributed by atoms with Gasteiger partial charge >= 0.3 is 0 Å². The number of benzene rings is 2. The predicted molar refractivity (Wildman–Crippen MR) is 105 cm³/mol. The first-order valence-electron chi connectivity index (χ1n) is 7.88. The van der Waals surface area contributed by atoms with E-state index in [1.807, 2.05) is 13.0 Å². The molecule has 1 amide bonds. The molecule has 0 saturated carbocycles. The number of nitrogens with zero attached hydrogens (tertiary/aromatic N) is 1. The molecule has 6 nitrogen and oxygen atoms in total. The minimum absolute atomic E-state index is 0.00191. The molecule has 0 aliphatic carbocycles. The Kier molecular flexibility index (Phi) is 6.50. The maximum absolute atomic E-state index is 12.2. The molecule has 2 aromatic rings. The topological polar surface area (TPSA) is 75.7 Å². The molecular formula is C18H21ClN2O4S. The summed E-state index contributed by atoms with van der Waals surface area (Å²) in [6.07, 6.45) is 1.10. The lowest BCUT2D eigenvalue weighted by atomic mass is 10.2. The van der Waals surface area contributed by atoms with E-state index in [0.717, 1.165) is 11.8 Å². The Hall–Kier alpha value is -2.25. The SMILES string of the molecule is COc1ccc(C)cc1N(CCC(=O)Nc1ccc(Cl)cc1)S(C)(=O)=O. The Bertz CT molecular complexity index is 883. The van der Waals surface area contributed by atoms with Crippen molar-refractivity contribution in [1.29, 1.82) is 0 Å². The molecule has 0 atom stereocenters. The fraction of sp³-hybridized carbons (Fsp3) is 0.278. The molecule has 0 fully saturated rings.